The van der Waals surface area contributed by atoms with Crippen molar-refractivity contribution in [1.82, 2.24) is 16.0 Å². The molecule has 6 rings (SSSR count). The molecule has 0 aliphatic carbocycles. The highest BCUT2D eigenvalue weighted by atomic mass is 32.2. The summed E-state index contributed by atoms with van der Waals surface area (Å²) >= 11 is 0. The number of carboxylic acid groups (broad SMARTS) is 3. The van der Waals surface area contributed by atoms with Crippen molar-refractivity contribution < 1.29 is 95.7 Å². The van der Waals surface area contributed by atoms with E-state index in [0.29, 0.717) is 84.8 Å². The van der Waals surface area contributed by atoms with E-state index >= 15 is 0 Å². The number of nitrogens with one attached hydrogen (secondary N) is 3. The minimum absolute atomic E-state index is 0.00976. The summed E-state index contributed by atoms with van der Waals surface area (Å²) < 4.78 is 143. The average Bonchev–Trinajstić information content (AvgIpc) is 1.86. The highest BCUT2D eigenvalue weighted by Gasteiger charge is 2.46. The zero-order valence-electron chi connectivity index (χ0n) is 45.1. The average molecular weight is 1220 g/mol. The SMILES string of the molecule is CCN1/C(=C/C=C/C=C/C2=[N+](CCCCCC(=O)NCCCC[C@H](NC(=O)N[C@@H](CCC(=O)O)C(=O)O)C(=O)O)c3ccc4c(S(=O)(=O)O)cc(S(=O)(=O)O)cc4c3C2(C)C)C(C)(C)c2c1ccc1c(S(=O)(=O)O)cc(S(=O)(=O)O)cc21. The number of carbonyl (C=O) groups is 5. The van der Waals surface area contributed by atoms with Crippen LogP contribution in [0.1, 0.15) is 104 Å². The molecule has 4 aromatic carbocycles. The summed E-state index contributed by atoms with van der Waals surface area (Å²) in [6.45, 7) is 10.2. The van der Waals surface area contributed by atoms with Crippen LogP contribution in [0, 0.1) is 0 Å². The van der Waals surface area contributed by atoms with Crippen LogP contribution in [-0.4, -0.2) is 139 Å². The van der Waals surface area contributed by atoms with E-state index < -0.39 is 120 Å². The van der Waals surface area contributed by atoms with Gasteiger partial charge in [-0.05, 0) is 118 Å². The molecule has 0 aromatic heterocycles. The summed E-state index contributed by atoms with van der Waals surface area (Å²) in [5, 5.41) is 35.0. The minimum Gasteiger partial charge on any atom is -0.481 e. The van der Waals surface area contributed by atoms with Crippen molar-refractivity contribution in [3.63, 3.8) is 0 Å². The zero-order valence-corrected chi connectivity index (χ0v) is 48.4. The number of carboxylic acids is 3. The lowest BCUT2D eigenvalue weighted by Crippen LogP contribution is -2.51. The maximum absolute atomic E-state index is 12.8. The predicted octanol–water partition coefficient (Wildman–Crippen LogP) is 6.09. The molecular formula is C53H64N5O20S4+. The number of rotatable bonds is 26. The molecule has 29 heteroatoms. The van der Waals surface area contributed by atoms with E-state index in [2.05, 4.69) is 16.0 Å². The van der Waals surface area contributed by atoms with Crippen LogP contribution in [0.5, 0.6) is 0 Å². The topological polar surface area (TPSA) is 406 Å². The van der Waals surface area contributed by atoms with E-state index in [4.69, 9.17) is 5.11 Å². The Morgan fingerprint density at radius 3 is 1.68 bits per heavy atom. The van der Waals surface area contributed by atoms with Crippen LogP contribution in [0.3, 0.4) is 0 Å². The van der Waals surface area contributed by atoms with Crippen molar-refractivity contribution in [2.24, 2.45) is 0 Å². The first-order chi connectivity index (χ1) is 38.0. The lowest BCUT2D eigenvalue weighted by atomic mass is 9.79. The molecule has 10 N–H and O–H groups in total. The number of aliphatic carboxylic acids is 3. The van der Waals surface area contributed by atoms with Gasteiger partial charge in [0.15, 0.2) is 5.71 Å². The smallest absolute Gasteiger partial charge is 0.326 e. The first kappa shape index (κ1) is 64.1. The standard InChI is InChI=1S/C53H63N5O20S4/c1-6-57-39-22-19-33-35(27-31(79(67,68)69)29-41(33)81(73,74)75)47(39)52(2,3)43(57)16-9-7-10-17-44-53(4,5)48-36-28-32(80(70,71)72)30-42(82(76,77)78)34(36)20-23-40(48)58(44)26-14-8-11-18-45(59)54-25-13-12-15-37(49(62)63)55-51(66)56-38(50(64)65)21-24-46(60)61/h7,9-10,16-17,19-20,22-23,27-30,37-38H,6,8,11-15,18,21,24-26H2,1-5H3,(H9-,54,55,56,59,60,61,62,63,64,65,66,67,68,69,70,71,72,73,74,75,76,77,78)/p+1/t37-,38-/m0/s1. The third-order valence-electron chi connectivity index (χ3n) is 14.4. The van der Waals surface area contributed by atoms with E-state index in [1.807, 2.05) is 50.2 Å². The molecule has 0 radical (unpaired) electrons. The van der Waals surface area contributed by atoms with Crippen molar-refractivity contribution in [3.05, 3.63) is 95.7 Å². The van der Waals surface area contributed by atoms with E-state index in [9.17, 15) is 86.1 Å². The molecule has 0 saturated carbocycles. The third kappa shape index (κ3) is 14.4. The molecule has 0 unspecified atom stereocenters. The van der Waals surface area contributed by atoms with Gasteiger partial charge in [-0.1, -0.05) is 38.1 Å². The van der Waals surface area contributed by atoms with Crippen LogP contribution in [0.2, 0.25) is 0 Å². The Morgan fingerprint density at radius 1 is 0.610 bits per heavy atom. The van der Waals surface area contributed by atoms with Crippen LogP contribution < -0.4 is 20.9 Å². The number of hydrogen-bond acceptors (Lipinski definition) is 14. The first-order valence-corrected chi connectivity index (χ1v) is 31.4. The van der Waals surface area contributed by atoms with Crippen LogP contribution in [0.15, 0.2) is 104 Å². The molecule has 25 nitrogen and oxygen atoms in total. The molecule has 0 fully saturated rings. The maximum atomic E-state index is 12.8. The molecule has 2 aliphatic rings. The number of urea groups is 1. The summed E-state index contributed by atoms with van der Waals surface area (Å²) in [6, 6.07) is 5.77. The van der Waals surface area contributed by atoms with Gasteiger partial charge in [0.1, 0.15) is 28.4 Å². The lowest BCUT2D eigenvalue weighted by molar-refractivity contribution is -0.438. The van der Waals surface area contributed by atoms with Crippen LogP contribution >= 0.6 is 0 Å². The van der Waals surface area contributed by atoms with E-state index in [1.165, 1.54) is 12.1 Å². The molecule has 0 bridgehead atoms. The molecule has 3 amide bonds. The van der Waals surface area contributed by atoms with Crippen molar-refractivity contribution >= 4 is 109 Å². The first-order valence-electron chi connectivity index (χ1n) is 25.6. The van der Waals surface area contributed by atoms with Gasteiger partial charge in [0, 0.05) is 77.6 Å². The fourth-order valence-electron chi connectivity index (χ4n) is 10.6. The zero-order chi connectivity index (χ0) is 61.1. The number of anilines is 1. The second-order valence-electron chi connectivity index (χ2n) is 20.7. The quantitative estimate of drug-likeness (QED) is 0.0147. The predicted molar refractivity (Wildman–Crippen MR) is 299 cm³/mol. The van der Waals surface area contributed by atoms with Crippen LogP contribution in [0.4, 0.5) is 16.2 Å². The fraction of sp³-hybridized carbons (Fsp3) is 0.396. The van der Waals surface area contributed by atoms with Crippen molar-refractivity contribution in [3.8, 4) is 0 Å². The minimum atomic E-state index is -5.03. The van der Waals surface area contributed by atoms with Gasteiger partial charge in [0.2, 0.25) is 11.6 Å². The summed E-state index contributed by atoms with van der Waals surface area (Å²) in [4.78, 5) is 58.3. The molecule has 4 aromatic rings. The Balaban J connectivity index is 1.21. The van der Waals surface area contributed by atoms with Gasteiger partial charge in [-0.3, -0.25) is 27.8 Å². The molecule has 2 aliphatic heterocycles. The number of allylic oxidation sites excluding steroid dienone is 6. The number of amides is 3. The largest absolute Gasteiger partial charge is 0.481 e. The van der Waals surface area contributed by atoms with Crippen LogP contribution in [-0.2, 0) is 70.5 Å². The molecule has 444 valence electrons. The van der Waals surface area contributed by atoms with Gasteiger partial charge in [-0.15, -0.1) is 0 Å². The van der Waals surface area contributed by atoms with Crippen molar-refractivity contribution in [1.29, 1.82) is 0 Å². The van der Waals surface area contributed by atoms with Gasteiger partial charge >= 0.3 is 23.9 Å². The highest BCUT2D eigenvalue weighted by Crippen LogP contribution is 2.52. The summed E-state index contributed by atoms with van der Waals surface area (Å²) in [7, 11) is -19.9. The molecule has 0 spiro atoms. The number of nitrogens with zero attached hydrogens (tertiary/aromatic N) is 2. The Bertz CT molecular complexity index is 3870. The summed E-state index contributed by atoms with van der Waals surface area (Å²) in [5.41, 5.74) is 1.64. The summed E-state index contributed by atoms with van der Waals surface area (Å²) in [6.07, 6.45) is 9.97. The third-order valence-corrected chi connectivity index (χ3v) is 17.8. The van der Waals surface area contributed by atoms with Gasteiger partial charge in [-0.2, -0.15) is 38.2 Å². The Kier molecular flexibility index (Phi) is 19.3. The second kappa shape index (κ2) is 24.8. The molecule has 2 atom stereocenters. The number of hydrogen-bond donors (Lipinski definition) is 10. The Hall–Kier alpha value is -7.12. The maximum Gasteiger partial charge on any atom is 0.326 e. The highest BCUT2D eigenvalue weighted by molar-refractivity contribution is 7.87. The van der Waals surface area contributed by atoms with E-state index in [0.717, 1.165) is 12.1 Å². The number of benzene rings is 4. The number of fused-ring (bicyclic) bond motifs is 6. The van der Waals surface area contributed by atoms with Gasteiger partial charge < -0.3 is 36.2 Å². The number of likely N-dealkylation sites (N-methyl/N-ethyl adjacent to an activating group) is 1. The van der Waals surface area contributed by atoms with Gasteiger partial charge in [-0.25, -0.2) is 14.4 Å². The number of carbonyl (C=O) groups excluding carboxylic acids is 2. The normalized spacial score (nSPS) is 16.5. The van der Waals surface area contributed by atoms with E-state index in [-0.39, 0.29) is 53.3 Å². The molecular weight excluding hydrogens is 1150 g/mol. The monoisotopic (exact) mass is 1220 g/mol. The van der Waals surface area contributed by atoms with Crippen molar-refractivity contribution in [2.45, 2.75) is 135 Å². The summed E-state index contributed by atoms with van der Waals surface area (Å²) in [5.74, 6) is -4.45. The number of unbranched alkanes of at least 4 members (excludes halogenated alkanes) is 3. The molecule has 82 heavy (non-hydrogen) atoms. The molecule has 2 heterocycles. The Morgan fingerprint density at radius 2 is 1.16 bits per heavy atom. The lowest BCUT2D eigenvalue weighted by Gasteiger charge is -2.26. The fourth-order valence-corrected chi connectivity index (χ4v) is 13.3. The van der Waals surface area contributed by atoms with E-state index in [1.54, 1.807) is 36.4 Å². The van der Waals surface area contributed by atoms with Crippen LogP contribution in [0.25, 0.3) is 21.5 Å². The van der Waals surface area contributed by atoms with Crippen molar-refractivity contribution in [2.75, 3.05) is 24.5 Å². The van der Waals surface area contributed by atoms with Gasteiger partial charge in [0.05, 0.1) is 15.2 Å². The second-order valence-corrected chi connectivity index (χ2v) is 26.3. The molecule has 0 saturated heterocycles. The Labute approximate surface area is 473 Å². The van der Waals surface area contributed by atoms with Gasteiger partial charge in [0.25, 0.3) is 40.5 Å².